The smallest absolute Gasteiger partial charge is 0.126 e. The van der Waals surface area contributed by atoms with Crippen LogP contribution in [0.5, 0.6) is 0 Å². The molecule has 2 rings (SSSR count). The molecule has 0 N–H and O–H groups in total. The Kier molecular flexibility index (Phi) is 3.52. The van der Waals surface area contributed by atoms with Crippen molar-refractivity contribution in [2.75, 3.05) is 13.1 Å². The van der Waals surface area contributed by atoms with Gasteiger partial charge in [-0.3, -0.25) is 4.90 Å². The first-order valence-corrected chi connectivity index (χ1v) is 5.70. The highest BCUT2D eigenvalue weighted by Crippen LogP contribution is 2.18. The molecule has 0 saturated heterocycles. The molecule has 0 amide bonds. The molecule has 2 heteroatoms. The highest BCUT2D eigenvalue weighted by atomic mass is 16.1. The molecule has 16 heavy (non-hydrogen) atoms. The maximum Gasteiger partial charge on any atom is 0.126 e. The van der Waals surface area contributed by atoms with Gasteiger partial charge < -0.3 is 4.79 Å². The lowest BCUT2D eigenvalue weighted by molar-refractivity contribution is -0.109. The molecule has 0 saturated carbocycles. The third kappa shape index (κ3) is 2.58. The summed E-state index contributed by atoms with van der Waals surface area (Å²) in [4.78, 5) is 13.0. The van der Waals surface area contributed by atoms with Gasteiger partial charge in [-0.05, 0) is 11.1 Å². The molecule has 0 spiro atoms. The van der Waals surface area contributed by atoms with Gasteiger partial charge in [0.25, 0.3) is 0 Å². The van der Waals surface area contributed by atoms with Gasteiger partial charge in [0.15, 0.2) is 0 Å². The van der Waals surface area contributed by atoms with Crippen molar-refractivity contribution in [2.45, 2.75) is 13.5 Å². The Morgan fingerprint density at radius 2 is 2.12 bits per heavy atom. The van der Waals surface area contributed by atoms with Crippen LogP contribution in [0.15, 0.2) is 42.0 Å². The van der Waals surface area contributed by atoms with E-state index in [4.69, 9.17) is 0 Å². The summed E-state index contributed by atoms with van der Waals surface area (Å²) in [6.45, 7) is 4.81. The van der Waals surface area contributed by atoms with Crippen LogP contribution in [0.2, 0.25) is 0 Å². The summed E-state index contributed by atoms with van der Waals surface area (Å²) >= 11 is 0. The average Bonchev–Trinajstić information content (AvgIpc) is 2.78. The minimum Gasteiger partial charge on any atom is -0.303 e. The zero-order chi connectivity index (χ0) is 11.4. The van der Waals surface area contributed by atoms with E-state index in [2.05, 4.69) is 35.2 Å². The first-order chi connectivity index (χ1) is 7.79. The third-order valence-electron chi connectivity index (χ3n) is 3.06. The molecule has 1 aromatic rings. The number of nitrogens with zero attached hydrogens (tertiary/aromatic N) is 1. The second-order valence-electron chi connectivity index (χ2n) is 4.36. The molecule has 0 radical (unpaired) electrons. The average molecular weight is 215 g/mol. The van der Waals surface area contributed by atoms with Crippen LogP contribution in [-0.2, 0) is 11.3 Å². The van der Waals surface area contributed by atoms with Gasteiger partial charge >= 0.3 is 0 Å². The second-order valence-corrected chi connectivity index (χ2v) is 4.36. The van der Waals surface area contributed by atoms with Gasteiger partial charge in [0, 0.05) is 25.6 Å². The fourth-order valence-corrected chi connectivity index (χ4v) is 2.01. The van der Waals surface area contributed by atoms with E-state index in [1.165, 1.54) is 11.1 Å². The fourth-order valence-electron chi connectivity index (χ4n) is 2.01. The number of rotatable bonds is 4. The standard InChI is InChI=1S/C14H17NO/c1-12(11-16)14-7-8-15(10-14)9-13-5-3-2-4-6-13/h2-7,11-12H,8-10H2,1H3. The van der Waals surface area contributed by atoms with Crippen molar-refractivity contribution in [2.24, 2.45) is 5.92 Å². The lowest BCUT2D eigenvalue weighted by Crippen LogP contribution is -2.21. The summed E-state index contributed by atoms with van der Waals surface area (Å²) in [6, 6.07) is 10.4. The topological polar surface area (TPSA) is 20.3 Å². The Bertz CT molecular complexity index is 383. The van der Waals surface area contributed by atoms with Crippen LogP contribution in [0.4, 0.5) is 0 Å². The number of aldehydes is 1. The third-order valence-corrected chi connectivity index (χ3v) is 3.06. The van der Waals surface area contributed by atoms with Gasteiger partial charge in [0.2, 0.25) is 0 Å². The fraction of sp³-hybridized carbons (Fsp3) is 0.357. The number of hydrogen-bond acceptors (Lipinski definition) is 2. The molecule has 0 fully saturated rings. The molecular weight excluding hydrogens is 198 g/mol. The summed E-state index contributed by atoms with van der Waals surface area (Å²) in [5.74, 6) is 0.0702. The Morgan fingerprint density at radius 3 is 2.81 bits per heavy atom. The van der Waals surface area contributed by atoms with Crippen LogP contribution in [0, 0.1) is 5.92 Å². The maximum atomic E-state index is 10.7. The normalized spacial score (nSPS) is 18.2. The summed E-state index contributed by atoms with van der Waals surface area (Å²) in [7, 11) is 0. The van der Waals surface area contributed by atoms with Gasteiger partial charge in [0.1, 0.15) is 6.29 Å². The molecule has 0 aromatic heterocycles. The Morgan fingerprint density at radius 1 is 1.38 bits per heavy atom. The lowest BCUT2D eigenvalue weighted by Gasteiger charge is -2.16. The van der Waals surface area contributed by atoms with E-state index in [0.29, 0.717) is 0 Å². The molecule has 1 unspecified atom stereocenters. The molecule has 2 nitrogen and oxygen atoms in total. The van der Waals surface area contributed by atoms with E-state index in [1.54, 1.807) is 0 Å². The predicted octanol–water partition coefficient (Wildman–Crippen LogP) is 2.26. The van der Waals surface area contributed by atoms with Gasteiger partial charge in [-0.25, -0.2) is 0 Å². The molecule has 1 atom stereocenters. The molecule has 0 aliphatic carbocycles. The van der Waals surface area contributed by atoms with Crippen LogP contribution in [0.3, 0.4) is 0 Å². The Hall–Kier alpha value is -1.41. The zero-order valence-corrected chi connectivity index (χ0v) is 9.60. The van der Waals surface area contributed by atoms with E-state index in [0.717, 1.165) is 25.9 Å². The van der Waals surface area contributed by atoms with Crippen molar-refractivity contribution >= 4 is 6.29 Å². The van der Waals surface area contributed by atoms with Crippen LogP contribution in [0.25, 0.3) is 0 Å². The molecule has 1 aliphatic heterocycles. The van der Waals surface area contributed by atoms with E-state index < -0.39 is 0 Å². The Balaban J connectivity index is 1.90. The number of hydrogen-bond donors (Lipinski definition) is 0. The molecule has 1 aliphatic rings. The minimum atomic E-state index is 0.0702. The van der Waals surface area contributed by atoms with Gasteiger partial charge in [-0.15, -0.1) is 0 Å². The first kappa shape index (κ1) is 11.1. The van der Waals surface area contributed by atoms with Crippen LogP contribution >= 0.6 is 0 Å². The molecule has 1 heterocycles. The quantitative estimate of drug-likeness (QED) is 0.567. The molecule has 84 valence electrons. The monoisotopic (exact) mass is 215 g/mol. The number of carbonyl (C=O) groups is 1. The zero-order valence-electron chi connectivity index (χ0n) is 9.60. The molecular formula is C14H17NO. The predicted molar refractivity (Wildman–Crippen MR) is 65.0 cm³/mol. The summed E-state index contributed by atoms with van der Waals surface area (Å²) in [5.41, 5.74) is 2.59. The van der Waals surface area contributed by atoms with Crippen molar-refractivity contribution in [1.82, 2.24) is 4.90 Å². The maximum absolute atomic E-state index is 10.7. The van der Waals surface area contributed by atoms with Crippen molar-refractivity contribution in [1.29, 1.82) is 0 Å². The molecule has 0 bridgehead atoms. The first-order valence-electron chi connectivity index (χ1n) is 5.70. The lowest BCUT2D eigenvalue weighted by atomic mass is 10.0. The van der Waals surface area contributed by atoms with Crippen LogP contribution in [0.1, 0.15) is 12.5 Å². The van der Waals surface area contributed by atoms with Gasteiger partial charge in [-0.2, -0.15) is 0 Å². The summed E-state index contributed by atoms with van der Waals surface area (Å²) in [5, 5.41) is 0. The van der Waals surface area contributed by atoms with Crippen LogP contribution < -0.4 is 0 Å². The highest BCUT2D eigenvalue weighted by Gasteiger charge is 2.17. The van der Waals surface area contributed by atoms with Crippen molar-refractivity contribution in [3.8, 4) is 0 Å². The van der Waals surface area contributed by atoms with E-state index >= 15 is 0 Å². The van der Waals surface area contributed by atoms with Crippen molar-refractivity contribution in [3.63, 3.8) is 0 Å². The van der Waals surface area contributed by atoms with E-state index in [9.17, 15) is 4.79 Å². The molecule has 1 aromatic carbocycles. The largest absolute Gasteiger partial charge is 0.303 e. The number of benzene rings is 1. The second kappa shape index (κ2) is 5.08. The van der Waals surface area contributed by atoms with Crippen molar-refractivity contribution < 1.29 is 4.79 Å². The SMILES string of the molecule is CC(C=O)C1=CCN(Cc2ccccc2)C1. The van der Waals surface area contributed by atoms with Crippen LogP contribution in [-0.4, -0.2) is 24.3 Å². The minimum absolute atomic E-state index is 0.0702. The van der Waals surface area contributed by atoms with E-state index in [-0.39, 0.29) is 5.92 Å². The Labute approximate surface area is 96.6 Å². The van der Waals surface area contributed by atoms with Gasteiger partial charge in [-0.1, -0.05) is 43.3 Å². The highest BCUT2D eigenvalue weighted by molar-refractivity contribution is 5.58. The number of carbonyl (C=O) groups excluding carboxylic acids is 1. The van der Waals surface area contributed by atoms with Gasteiger partial charge in [0.05, 0.1) is 0 Å². The summed E-state index contributed by atoms with van der Waals surface area (Å²) < 4.78 is 0. The summed E-state index contributed by atoms with van der Waals surface area (Å²) in [6.07, 6.45) is 3.21. The van der Waals surface area contributed by atoms with E-state index in [1.807, 2.05) is 13.0 Å². The van der Waals surface area contributed by atoms with Crippen molar-refractivity contribution in [3.05, 3.63) is 47.5 Å².